The highest BCUT2D eigenvalue weighted by molar-refractivity contribution is 4.64. The van der Waals surface area contributed by atoms with E-state index in [-0.39, 0.29) is 6.61 Å². The van der Waals surface area contributed by atoms with Gasteiger partial charge in [-0.25, -0.2) is 5.11 Å². The summed E-state index contributed by atoms with van der Waals surface area (Å²) in [5, 5.41) is 10.3. The first kappa shape index (κ1) is 9.05. The molecular formula is C10H19O. The van der Waals surface area contributed by atoms with Crippen molar-refractivity contribution in [1.82, 2.24) is 0 Å². The molecule has 0 atom stereocenters. The molecule has 0 heterocycles. The summed E-state index contributed by atoms with van der Waals surface area (Å²) in [6.45, 7) is 0.135. The first-order valence-corrected chi connectivity index (χ1v) is 5.01. The van der Waals surface area contributed by atoms with Crippen LogP contribution in [0.15, 0.2) is 0 Å². The predicted molar refractivity (Wildman–Crippen MR) is 46.0 cm³/mol. The highest BCUT2D eigenvalue weighted by Crippen LogP contribution is 2.25. The second-order valence-corrected chi connectivity index (χ2v) is 3.70. The third-order valence-electron chi connectivity index (χ3n) is 2.73. The molecule has 0 aromatic heterocycles. The summed E-state index contributed by atoms with van der Waals surface area (Å²) < 4.78 is 0. The molecule has 11 heavy (non-hydrogen) atoms. The summed E-state index contributed by atoms with van der Waals surface area (Å²) in [7, 11) is 0. The topological polar surface area (TPSA) is 19.9 Å². The Kier molecular flexibility index (Phi) is 4.60. The molecule has 1 aliphatic rings. The molecule has 0 spiro atoms. The van der Waals surface area contributed by atoms with Gasteiger partial charge in [0.15, 0.2) is 0 Å². The molecule has 0 N–H and O–H groups in total. The normalized spacial score (nSPS) is 21.5. The van der Waals surface area contributed by atoms with Crippen LogP contribution < -0.4 is 0 Å². The maximum atomic E-state index is 10.3. The second-order valence-electron chi connectivity index (χ2n) is 3.70. The number of hydrogen-bond acceptors (Lipinski definition) is 0. The molecule has 1 heteroatoms. The van der Waals surface area contributed by atoms with Crippen LogP contribution in [0.25, 0.3) is 0 Å². The molecule has 0 aliphatic heterocycles. The smallest absolute Gasteiger partial charge is 0.0822 e. The maximum absolute atomic E-state index is 10.3. The molecule has 0 amide bonds. The van der Waals surface area contributed by atoms with Gasteiger partial charge in [0.05, 0.1) is 6.61 Å². The van der Waals surface area contributed by atoms with Gasteiger partial charge in [-0.2, -0.15) is 0 Å². The third kappa shape index (κ3) is 3.76. The lowest BCUT2D eigenvalue weighted by Gasteiger charge is -2.11. The average Bonchev–Trinajstić information content (AvgIpc) is 2.28. The third-order valence-corrected chi connectivity index (χ3v) is 2.73. The van der Waals surface area contributed by atoms with Gasteiger partial charge in [0, 0.05) is 0 Å². The van der Waals surface area contributed by atoms with E-state index < -0.39 is 0 Å². The highest BCUT2D eigenvalue weighted by atomic mass is 16.2. The summed E-state index contributed by atoms with van der Waals surface area (Å²) >= 11 is 0. The minimum atomic E-state index is 0.135. The fourth-order valence-electron chi connectivity index (χ4n) is 2.02. The maximum Gasteiger partial charge on any atom is 0.0822 e. The van der Waals surface area contributed by atoms with E-state index in [2.05, 4.69) is 0 Å². The summed E-state index contributed by atoms with van der Waals surface area (Å²) in [5.74, 6) is 0.895. The SMILES string of the molecule is [O]CCCC1CCCCCC1. The molecule has 0 saturated heterocycles. The lowest BCUT2D eigenvalue weighted by atomic mass is 9.95. The molecule has 0 unspecified atom stereocenters. The van der Waals surface area contributed by atoms with Crippen molar-refractivity contribution in [1.29, 1.82) is 0 Å². The van der Waals surface area contributed by atoms with Crippen LogP contribution in [0.4, 0.5) is 0 Å². The average molecular weight is 155 g/mol. The fourth-order valence-corrected chi connectivity index (χ4v) is 2.02. The van der Waals surface area contributed by atoms with E-state index in [9.17, 15) is 5.11 Å². The lowest BCUT2D eigenvalue weighted by Crippen LogP contribution is -1.99. The minimum Gasteiger partial charge on any atom is -0.237 e. The van der Waals surface area contributed by atoms with E-state index in [4.69, 9.17) is 0 Å². The Morgan fingerprint density at radius 1 is 1.00 bits per heavy atom. The van der Waals surface area contributed by atoms with Crippen LogP contribution in [0.1, 0.15) is 51.4 Å². The molecule has 65 valence electrons. The quantitative estimate of drug-likeness (QED) is 0.558. The molecule has 0 bridgehead atoms. The van der Waals surface area contributed by atoms with Crippen LogP contribution in [0.5, 0.6) is 0 Å². The van der Waals surface area contributed by atoms with Crippen LogP contribution in [0.2, 0.25) is 0 Å². The van der Waals surface area contributed by atoms with E-state index in [1.807, 2.05) is 0 Å². The summed E-state index contributed by atoms with van der Waals surface area (Å²) in [4.78, 5) is 0. The zero-order chi connectivity index (χ0) is 7.94. The predicted octanol–water partition coefficient (Wildman–Crippen LogP) is 3.17. The van der Waals surface area contributed by atoms with Gasteiger partial charge in [-0.3, -0.25) is 0 Å². The number of rotatable bonds is 3. The summed E-state index contributed by atoms with van der Waals surface area (Å²) in [5.41, 5.74) is 0. The Balaban J connectivity index is 2.09. The zero-order valence-corrected chi connectivity index (χ0v) is 7.35. The van der Waals surface area contributed by atoms with E-state index >= 15 is 0 Å². The van der Waals surface area contributed by atoms with Gasteiger partial charge < -0.3 is 0 Å². The van der Waals surface area contributed by atoms with Crippen molar-refractivity contribution in [3.05, 3.63) is 0 Å². The van der Waals surface area contributed by atoms with Crippen molar-refractivity contribution < 1.29 is 5.11 Å². The van der Waals surface area contributed by atoms with Crippen LogP contribution >= 0.6 is 0 Å². The Labute approximate surface area is 69.8 Å². The standard InChI is InChI=1S/C10H19O/c11-9-5-8-10-6-3-1-2-4-7-10/h10H,1-9H2. The molecule has 0 aromatic rings. The second kappa shape index (κ2) is 5.59. The zero-order valence-electron chi connectivity index (χ0n) is 7.35. The van der Waals surface area contributed by atoms with E-state index in [1.165, 1.54) is 44.9 Å². The van der Waals surface area contributed by atoms with Gasteiger partial charge in [-0.15, -0.1) is 0 Å². The molecule has 1 radical (unpaired) electrons. The minimum absolute atomic E-state index is 0.135. The monoisotopic (exact) mass is 155 g/mol. The van der Waals surface area contributed by atoms with Gasteiger partial charge in [-0.1, -0.05) is 38.5 Å². The first-order valence-electron chi connectivity index (χ1n) is 5.01. The Morgan fingerprint density at radius 3 is 2.18 bits per heavy atom. The molecule has 1 saturated carbocycles. The number of hydrogen-bond donors (Lipinski definition) is 0. The highest BCUT2D eigenvalue weighted by Gasteiger charge is 2.10. The van der Waals surface area contributed by atoms with Crippen LogP contribution in [-0.4, -0.2) is 6.61 Å². The largest absolute Gasteiger partial charge is 0.237 e. The van der Waals surface area contributed by atoms with Crippen molar-refractivity contribution in [3.63, 3.8) is 0 Å². The van der Waals surface area contributed by atoms with E-state index in [1.54, 1.807) is 0 Å². The molecule has 0 aromatic carbocycles. The van der Waals surface area contributed by atoms with Crippen molar-refractivity contribution in [2.45, 2.75) is 51.4 Å². The Hall–Kier alpha value is -0.0400. The molecular weight excluding hydrogens is 136 g/mol. The molecule has 1 fully saturated rings. The van der Waals surface area contributed by atoms with Crippen LogP contribution in [-0.2, 0) is 5.11 Å². The Morgan fingerprint density at radius 2 is 1.64 bits per heavy atom. The van der Waals surface area contributed by atoms with Crippen molar-refractivity contribution >= 4 is 0 Å². The van der Waals surface area contributed by atoms with Gasteiger partial charge in [0.1, 0.15) is 0 Å². The van der Waals surface area contributed by atoms with E-state index in [0.717, 1.165) is 12.3 Å². The van der Waals surface area contributed by atoms with Crippen molar-refractivity contribution in [3.8, 4) is 0 Å². The lowest BCUT2D eigenvalue weighted by molar-refractivity contribution is 0.178. The van der Waals surface area contributed by atoms with Gasteiger partial charge >= 0.3 is 0 Å². The molecule has 1 aliphatic carbocycles. The summed E-state index contributed by atoms with van der Waals surface area (Å²) in [6.07, 6.45) is 10.5. The van der Waals surface area contributed by atoms with E-state index in [0.29, 0.717) is 0 Å². The fraction of sp³-hybridized carbons (Fsp3) is 1.00. The molecule has 1 rings (SSSR count). The summed E-state index contributed by atoms with van der Waals surface area (Å²) in [6, 6.07) is 0. The van der Waals surface area contributed by atoms with Crippen LogP contribution in [0, 0.1) is 5.92 Å². The van der Waals surface area contributed by atoms with Crippen LogP contribution in [0.3, 0.4) is 0 Å². The van der Waals surface area contributed by atoms with Gasteiger partial charge in [0.25, 0.3) is 0 Å². The Bertz CT molecular complexity index is 82.9. The first-order chi connectivity index (χ1) is 5.43. The van der Waals surface area contributed by atoms with Gasteiger partial charge in [-0.05, 0) is 18.8 Å². The van der Waals surface area contributed by atoms with Crippen molar-refractivity contribution in [2.75, 3.05) is 6.61 Å². The van der Waals surface area contributed by atoms with Gasteiger partial charge in [0.2, 0.25) is 0 Å². The van der Waals surface area contributed by atoms with Crippen molar-refractivity contribution in [2.24, 2.45) is 5.92 Å². The molecule has 1 nitrogen and oxygen atoms in total.